The topological polar surface area (TPSA) is 104 Å². The lowest BCUT2D eigenvalue weighted by molar-refractivity contribution is -0.111. The van der Waals surface area contributed by atoms with Crippen LogP contribution in [0.15, 0.2) is 49.3 Å². The molecule has 11 nitrogen and oxygen atoms in total. The molecule has 0 spiro atoms. The van der Waals surface area contributed by atoms with Gasteiger partial charge in [0.1, 0.15) is 23.7 Å². The van der Waals surface area contributed by atoms with Crippen molar-refractivity contribution in [3.8, 4) is 5.75 Å². The van der Waals surface area contributed by atoms with Gasteiger partial charge in [-0.3, -0.25) is 14.5 Å². The van der Waals surface area contributed by atoms with Gasteiger partial charge in [0.15, 0.2) is 17.5 Å². The third kappa shape index (κ3) is 6.08. The van der Waals surface area contributed by atoms with Gasteiger partial charge < -0.3 is 25.0 Å². The average Bonchev–Trinajstić information content (AvgIpc) is 3.86. The van der Waals surface area contributed by atoms with Crippen LogP contribution in [-0.2, 0) is 14.4 Å². The molecule has 1 aromatic heterocycles. The number of morpholine rings is 1. The van der Waals surface area contributed by atoms with Crippen LogP contribution in [0.5, 0.6) is 5.75 Å². The number of nitrogens with zero attached hydrogens (tertiary/aromatic N) is 5. The zero-order valence-electron chi connectivity index (χ0n) is 25.9. The molecule has 0 saturated carbocycles. The van der Waals surface area contributed by atoms with Gasteiger partial charge >= 0.3 is 0 Å². The number of piperidine rings is 1. The van der Waals surface area contributed by atoms with E-state index in [1.54, 1.807) is 19.2 Å². The number of fused-ring (bicyclic) bond motifs is 2. The van der Waals surface area contributed by atoms with Crippen molar-refractivity contribution in [3.05, 3.63) is 72.3 Å². The van der Waals surface area contributed by atoms with Gasteiger partial charge in [-0.05, 0) is 43.5 Å². The van der Waals surface area contributed by atoms with Gasteiger partial charge in [0.05, 0.1) is 55.1 Å². The quantitative estimate of drug-likeness (QED) is 0.240. The molecule has 1 amide bonds. The number of carbonyl (C=O) groups is 1. The first kappa shape index (κ1) is 31.2. The van der Waals surface area contributed by atoms with Crippen molar-refractivity contribution in [2.24, 2.45) is 0 Å². The molecule has 7 rings (SSSR count). The summed E-state index contributed by atoms with van der Waals surface area (Å²) in [5.41, 5.74) is 1.47. The van der Waals surface area contributed by atoms with Crippen LogP contribution in [0.3, 0.4) is 0 Å². The molecule has 14 heteroatoms. The first-order valence-electron chi connectivity index (χ1n) is 15.7. The van der Waals surface area contributed by atoms with Crippen LogP contribution in [0, 0.1) is 17.5 Å². The molecule has 5 heterocycles. The monoisotopic (exact) mass is 651 g/mol. The fourth-order valence-corrected chi connectivity index (χ4v) is 7.18. The van der Waals surface area contributed by atoms with Crippen molar-refractivity contribution in [1.29, 1.82) is 0 Å². The Labute approximate surface area is 270 Å². The summed E-state index contributed by atoms with van der Waals surface area (Å²) in [6.07, 6.45) is 6.17. The van der Waals surface area contributed by atoms with E-state index in [1.165, 1.54) is 17.5 Å². The molecule has 0 aliphatic carbocycles. The Balaban J connectivity index is 1.13. The van der Waals surface area contributed by atoms with E-state index >= 15 is 0 Å². The average molecular weight is 652 g/mol. The largest absolute Gasteiger partial charge is 0.494 e. The van der Waals surface area contributed by atoms with E-state index in [-0.39, 0.29) is 24.8 Å². The highest BCUT2D eigenvalue weighted by Crippen LogP contribution is 2.42. The molecule has 0 radical (unpaired) electrons. The van der Waals surface area contributed by atoms with Crippen LogP contribution >= 0.6 is 0 Å². The summed E-state index contributed by atoms with van der Waals surface area (Å²) in [7, 11) is 1.55. The van der Waals surface area contributed by atoms with E-state index in [9.17, 15) is 18.0 Å². The van der Waals surface area contributed by atoms with E-state index in [0.717, 1.165) is 63.3 Å². The first-order valence-corrected chi connectivity index (χ1v) is 15.7. The molecule has 47 heavy (non-hydrogen) atoms. The second kappa shape index (κ2) is 13.0. The molecule has 2 N–H and O–H groups in total. The molecule has 3 atom stereocenters. The SMILES string of the molecule is C=CC(=O)Nc1cc(Nc2cc(N3OCC[C@@H]3c3c(F)ccc(F)c3F)ncn2)c(OC)cc1N1CCC(N2C[C@@H]3C[C@H]2CO3)CC1. The minimum absolute atomic E-state index is 0.152. The molecule has 0 unspecified atom stereocenters. The smallest absolute Gasteiger partial charge is 0.247 e. The molecule has 2 aromatic carbocycles. The summed E-state index contributed by atoms with van der Waals surface area (Å²) in [6, 6.07) is 6.91. The van der Waals surface area contributed by atoms with Gasteiger partial charge in [-0.2, -0.15) is 0 Å². The van der Waals surface area contributed by atoms with Gasteiger partial charge in [0, 0.05) is 50.3 Å². The standard InChI is InChI=1S/C33H36F3N7O4/c1-3-31(44)40-24-13-25(28(45-2)14-27(24)41-9-6-19(7-10-41)42-16-21-12-20(42)17-46-21)39-29-15-30(38-18-37-29)43-26(8-11-47-43)32-22(34)4-5-23(35)33(32)36/h3-5,13-15,18-21,26H,1,6-12,16-17H2,2H3,(H,40,44)(H,37,38,39)/t20-,21-,26+/m0/s1. The summed E-state index contributed by atoms with van der Waals surface area (Å²) >= 11 is 0. The normalized spacial score (nSPS) is 22.9. The Morgan fingerprint density at radius 1 is 1.06 bits per heavy atom. The van der Waals surface area contributed by atoms with Crippen molar-refractivity contribution in [3.63, 3.8) is 0 Å². The first-order chi connectivity index (χ1) is 22.8. The molecule has 3 aromatic rings. The number of halogens is 3. The molecule has 4 saturated heterocycles. The van der Waals surface area contributed by atoms with Crippen molar-refractivity contribution in [2.45, 2.75) is 49.9 Å². The van der Waals surface area contributed by atoms with E-state index in [2.05, 4.69) is 37.0 Å². The van der Waals surface area contributed by atoms with Crippen molar-refractivity contribution in [2.75, 3.05) is 60.6 Å². The van der Waals surface area contributed by atoms with Gasteiger partial charge in [-0.1, -0.05) is 6.58 Å². The Morgan fingerprint density at radius 2 is 1.87 bits per heavy atom. The Morgan fingerprint density at radius 3 is 2.60 bits per heavy atom. The highest BCUT2D eigenvalue weighted by molar-refractivity contribution is 6.02. The van der Waals surface area contributed by atoms with Gasteiger partial charge in [-0.25, -0.2) is 28.2 Å². The molecular weight excluding hydrogens is 615 g/mol. The summed E-state index contributed by atoms with van der Waals surface area (Å²) in [4.78, 5) is 31.6. The number of hydroxylamine groups is 1. The van der Waals surface area contributed by atoms with Crippen molar-refractivity contribution < 1.29 is 32.3 Å². The van der Waals surface area contributed by atoms with E-state index in [4.69, 9.17) is 14.3 Å². The van der Waals surface area contributed by atoms with Gasteiger partial charge in [0.2, 0.25) is 5.91 Å². The van der Waals surface area contributed by atoms with E-state index < -0.39 is 29.1 Å². The van der Waals surface area contributed by atoms with Crippen molar-refractivity contribution in [1.82, 2.24) is 14.9 Å². The molecule has 2 bridgehead atoms. The number of anilines is 5. The second-order valence-corrected chi connectivity index (χ2v) is 12.1. The lowest BCUT2D eigenvalue weighted by Crippen LogP contribution is -2.49. The Hall–Kier alpha value is -4.40. The lowest BCUT2D eigenvalue weighted by atomic mass is 10.0. The fourth-order valence-electron chi connectivity index (χ4n) is 7.18. The Kier molecular flexibility index (Phi) is 8.64. The maximum atomic E-state index is 14.7. The van der Waals surface area contributed by atoms with Gasteiger partial charge in [0.25, 0.3) is 0 Å². The van der Waals surface area contributed by atoms with Crippen LogP contribution in [0.4, 0.5) is 41.9 Å². The zero-order valence-corrected chi connectivity index (χ0v) is 25.9. The number of likely N-dealkylation sites (tertiary alicyclic amines) is 1. The van der Waals surface area contributed by atoms with Crippen LogP contribution in [0.2, 0.25) is 0 Å². The van der Waals surface area contributed by atoms with Crippen molar-refractivity contribution >= 4 is 34.6 Å². The van der Waals surface area contributed by atoms with Crippen LogP contribution in [0.25, 0.3) is 0 Å². The number of benzene rings is 2. The summed E-state index contributed by atoms with van der Waals surface area (Å²) in [6.45, 7) is 7.19. The maximum Gasteiger partial charge on any atom is 0.247 e. The van der Waals surface area contributed by atoms with Gasteiger partial charge in [-0.15, -0.1) is 0 Å². The highest BCUT2D eigenvalue weighted by Gasteiger charge is 2.43. The number of rotatable bonds is 9. The number of aromatic nitrogens is 2. The number of ether oxygens (including phenoxy) is 2. The number of nitrogens with one attached hydrogen (secondary N) is 2. The molecule has 4 aliphatic rings. The van der Waals surface area contributed by atoms with Crippen LogP contribution < -0.4 is 25.3 Å². The van der Waals surface area contributed by atoms with Crippen LogP contribution in [0.1, 0.15) is 37.3 Å². The number of hydrogen-bond donors (Lipinski definition) is 2. The van der Waals surface area contributed by atoms with Crippen LogP contribution in [-0.4, -0.2) is 78.9 Å². The predicted molar refractivity (Wildman–Crippen MR) is 169 cm³/mol. The minimum atomic E-state index is -1.27. The van der Waals surface area contributed by atoms with E-state index in [1.807, 2.05) is 6.07 Å². The van der Waals surface area contributed by atoms with E-state index in [0.29, 0.717) is 41.1 Å². The lowest BCUT2D eigenvalue weighted by Gasteiger charge is -2.41. The molecule has 4 fully saturated rings. The second-order valence-electron chi connectivity index (χ2n) is 12.1. The predicted octanol–water partition coefficient (Wildman–Crippen LogP) is 5.10. The number of carbonyl (C=O) groups excluding carboxylic acids is 1. The molecule has 248 valence electrons. The third-order valence-corrected chi connectivity index (χ3v) is 9.44. The molecule has 4 aliphatic heterocycles. The third-order valence-electron chi connectivity index (χ3n) is 9.44. The number of amides is 1. The summed E-state index contributed by atoms with van der Waals surface area (Å²) < 4.78 is 55.0. The highest BCUT2D eigenvalue weighted by atomic mass is 19.2. The summed E-state index contributed by atoms with van der Waals surface area (Å²) in [5, 5.41) is 7.41. The Bertz CT molecular complexity index is 1670. The fraction of sp³-hybridized carbons (Fsp3) is 0.424. The minimum Gasteiger partial charge on any atom is -0.494 e. The zero-order chi connectivity index (χ0) is 32.7. The maximum absolute atomic E-state index is 14.7. The summed E-state index contributed by atoms with van der Waals surface area (Å²) in [5.74, 6) is -2.61. The number of hydrogen-bond acceptors (Lipinski definition) is 10. The number of methoxy groups -OCH3 is 1. The molecular formula is C33H36F3N7O4.